The lowest BCUT2D eigenvalue weighted by Gasteiger charge is -2.33. The minimum atomic E-state index is 0.218. The van der Waals surface area contributed by atoms with Gasteiger partial charge in [0.05, 0.1) is 4.88 Å². The number of nitrogens with zero attached hydrogens (tertiary/aromatic N) is 1. The molecule has 0 radical (unpaired) electrons. The van der Waals surface area contributed by atoms with E-state index in [1.807, 2.05) is 11.0 Å². The molecule has 0 aromatic carbocycles. The van der Waals surface area contributed by atoms with Gasteiger partial charge in [0, 0.05) is 21.9 Å². The van der Waals surface area contributed by atoms with E-state index in [0.29, 0.717) is 6.04 Å². The Hall–Kier alpha value is -0.350. The first-order valence-electron chi connectivity index (χ1n) is 6.72. The second-order valence-electron chi connectivity index (χ2n) is 4.98. The number of aryl methyl sites for hydroxylation is 1. The van der Waals surface area contributed by atoms with Crippen LogP contribution in [0, 0.1) is 0 Å². The van der Waals surface area contributed by atoms with Crippen molar-refractivity contribution in [3.05, 3.63) is 20.3 Å². The standard InChI is InChI=1S/C14H20BrNOS/c1-3-6-12-11(15)9-13(18-12)14(17)16-8-5-4-7-10(16)2/h9-10H,3-8H2,1-2H3/t10-/m1/s1. The molecule has 4 heteroatoms. The first-order chi connectivity index (χ1) is 8.63. The van der Waals surface area contributed by atoms with Crippen molar-refractivity contribution in [3.63, 3.8) is 0 Å². The highest BCUT2D eigenvalue weighted by atomic mass is 79.9. The molecule has 0 N–H and O–H groups in total. The molecule has 2 heterocycles. The molecule has 1 aromatic rings. The number of likely N-dealkylation sites (tertiary alicyclic amines) is 1. The summed E-state index contributed by atoms with van der Waals surface area (Å²) in [5.74, 6) is 0.218. The number of thiophene rings is 1. The highest BCUT2D eigenvalue weighted by molar-refractivity contribution is 9.10. The lowest BCUT2D eigenvalue weighted by atomic mass is 10.0. The maximum absolute atomic E-state index is 12.5. The zero-order valence-corrected chi connectivity index (χ0v) is 13.4. The number of carbonyl (C=O) groups excluding carboxylic acids is 1. The van der Waals surface area contributed by atoms with Crippen molar-refractivity contribution in [2.24, 2.45) is 0 Å². The van der Waals surface area contributed by atoms with Gasteiger partial charge >= 0.3 is 0 Å². The fourth-order valence-electron chi connectivity index (χ4n) is 2.45. The Labute approximate surface area is 122 Å². The third kappa shape index (κ3) is 2.97. The smallest absolute Gasteiger partial charge is 0.264 e. The summed E-state index contributed by atoms with van der Waals surface area (Å²) in [6.45, 7) is 5.24. The number of hydrogen-bond acceptors (Lipinski definition) is 2. The van der Waals surface area contributed by atoms with Crippen molar-refractivity contribution in [1.82, 2.24) is 4.90 Å². The van der Waals surface area contributed by atoms with Gasteiger partial charge in [-0.25, -0.2) is 0 Å². The van der Waals surface area contributed by atoms with Crippen molar-refractivity contribution >= 4 is 33.2 Å². The minimum absolute atomic E-state index is 0.218. The molecular weight excluding hydrogens is 310 g/mol. The maximum Gasteiger partial charge on any atom is 0.264 e. The van der Waals surface area contributed by atoms with Gasteiger partial charge in [0.15, 0.2) is 0 Å². The molecule has 1 aliphatic heterocycles. The van der Waals surface area contributed by atoms with Gasteiger partial charge in [0.25, 0.3) is 5.91 Å². The van der Waals surface area contributed by atoms with E-state index < -0.39 is 0 Å². The Balaban J connectivity index is 2.15. The summed E-state index contributed by atoms with van der Waals surface area (Å²) in [6, 6.07) is 2.39. The van der Waals surface area contributed by atoms with Gasteiger partial charge in [-0.2, -0.15) is 0 Å². The average molecular weight is 330 g/mol. The van der Waals surface area contributed by atoms with E-state index in [-0.39, 0.29) is 5.91 Å². The quantitative estimate of drug-likeness (QED) is 0.800. The summed E-state index contributed by atoms with van der Waals surface area (Å²) in [4.78, 5) is 16.7. The molecule has 100 valence electrons. The molecule has 1 atom stereocenters. The largest absolute Gasteiger partial charge is 0.335 e. The van der Waals surface area contributed by atoms with Crippen molar-refractivity contribution in [2.75, 3.05) is 6.54 Å². The van der Waals surface area contributed by atoms with Gasteiger partial charge in [-0.1, -0.05) is 13.3 Å². The van der Waals surface area contributed by atoms with E-state index in [1.54, 1.807) is 11.3 Å². The second kappa shape index (κ2) is 6.20. The van der Waals surface area contributed by atoms with Crippen LogP contribution in [0.4, 0.5) is 0 Å². The Morgan fingerprint density at radius 1 is 1.56 bits per heavy atom. The molecule has 2 nitrogen and oxygen atoms in total. The average Bonchev–Trinajstić information content (AvgIpc) is 2.71. The Morgan fingerprint density at radius 2 is 2.33 bits per heavy atom. The third-order valence-corrected chi connectivity index (χ3v) is 5.66. The van der Waals surface area contributed by atoms with E-state index in [1.165, 1.54) is 11.3 Å². The fraction of sp³-hybridized carbons (Fsp3) is 0.643. The topological polar surface area (TPSA) is 20.3 Å². The number of carbonyl (C=O) groups is 1. The Bertz CT molecular complexity index is 429. The number of piperidine rings is 1. The monoisotopic (exact) mass is 329 g/mol. The van der Waals surface area contributed by atoms with Crippen LogP contribution in [-0.2, 0) is 6.42 Å². The lowest BCUT2D eigenvalue weighted by Crippen LogP contribution is -2.41. The van der Waals surface area contributed by atoms with Crippen LogP contribution in [-0.4, -0.2) is 23.4 Å². The van der Waals surface area contributed by atoms with E-state index in [2.05, 4.69) is 29.8 Å². The van der Waals surface area contributed by atoms with Crippen LogP contribution in [0.5, 0.6) is 0 Å². The molecule has 0 saturated carbocycles. The summed E-state index contributed by atoms with van der Waals surface area (Å²) in [5.41, 5.74) is 0. The van der Waals surface area contributed by atoms with Crippen molar-refractivity contribution in [3.8, 4) is 0 Å². The van der Waals surface area contributed by atoms with Gasteiger partial charge in [0.1, 0.15) is 0 Å². The molecule has 0 spiro atoms. The van der Waals surface area contributed by atoms with E-state index in [4.69, 9.17) is 0 Å². The van der Waals surface area contributed by atoms with Crippen LogP contribution in [0.15, 0.2) is 10.5 Å². The molecule has 0 unspecified atom stereocenters. The summed E-state index contributed by atoms with van der Waals surface area (Å²) < 4.78 is 1.10. The van der Waals surface area contributed by atoms with Gasteiger partial charge in [-0.05, 0) is 54.6 Å². The Kier molecular flexibility index (Phi) is 4.84. The minimum Gasteiger partial charge on any atom is -0.335 e. The van der Waals surface area contributed by atoms with E-state index >= 15 is 0 Å². The third-order valence-electron chi connectivity index (χ3n) is 3.51. The van der Waals surface area contributed by atoms with Crippen molar-refractivity contribution in [1.29, 1.82) is 0 Å². The molecule has 2 rings (SSSR count). The molecule has 1 amide bonds. The second-order valence-corrected chi connectivity index (χ2v) is 6.97. The number of halogens is 1. The molecule has 1 aliphatic rings. The zero-order valence-electron chi connectivity index (χ0n) is 11.0. The Morgan fingerprint density at radius 3 is 3.00 bits per heavy atom. The van der Waals surface area contributed by atoms with Gasteiger partial charge < -0.3 is 4.90 Å². The summed E-state index contributed by atoms with van der Waals surface area (Å²) in [5, 5.41) is 0. The molecule has 1 fully saturated rings. The van der Waals surface area contributed by atoms with Gasteiger partial charge in [-0.3, -0.25) is 4.79 Å². The van der Waals surface area contributed by atoms with Crippen LogP contribution in [0.3, 0.4) is 0 Å². The first kappa shape index (κ1) is 14.1. The molecule has 1 aromatic heterocycles. The molecule has 0 bridgehead atoms. The number of amides is 1. The fourth-order valence-corrected chi connectivity index (χ4v) is 4.38. The predicted molar refractivity (Wildman–Crippen MR) is 80.4 cm³/mol. The van der Waals surface area contributed by atoms with Crippen LogP contribution in [0.2, 0.25) is 0 Å². The number of rotatable bonds is 3. The highest BCUT2D eigenvalue weighted by Gasteiger charge is 2.25. The maximum atomic E-state index is 12.5. The summed E-state index contributed by atoms with van der Waals surface area (Å²) >= 11 is 5.22. The SMILES string of the molecule is CCCc1sc(C(=O)N2CCCC[C@H]2C)cc1Br. The molecular formula is C14H20BrNOS. The van der Waals surface area contributed by atoms with Gasteiger partial charge in [0.2, 0.25) is 0 Å². The van der Waals surface area contributed by atoms with Crippen LogP contribution < -0.4 is 0 Å². The normalized spacial score (nSPS) is 20.2. The van der Waals surface area contributed by atoms with E-state index in [9.17, 15) is 4.79 Å². The highest BCUT2D eigenvalue weighted by Crippen LogP contribution is 2.30. The van der Waals surface area contributed by atoms with E-state index in [0.717, 1.165) is 41.6 Å². The van der Waals surface area contributed by atoms with Crippen molar-refractivity contribution < 1.29 is 4.79 Å². The molecule has 1 saturated heterocycles. The van der Waals surface area contributed by atoms with Gasteiger partial charge in [-0.15, -0.1) is 11.3 Å². The molecule has 18 heavy (non-hydrogen) atoms. The number of hydrogen-bond donors (Lipinski definition) is 0. The zero-order chi connectivity index (χ0) is 13.1. The van der Waals surface area contributed by atoms with Crippen molar-refractivity contribution in [2.45, 2.75) is 52.0 Å². The van der Waals surface area contributed by atoms with Crippen LogP contribution in [0.1, 0.15) is 54.1 Å². The van der Waals surface area contributed by atoms with Crippen LogP contribution in [0.25, 0.3) is 0 Å². The summed E-state index contributed by atoms with van der Waals surface area (Å²) in [6.07, 6.45) is 5.70. The molecule has 0 aliphatic carbocycles. The lowest BCUT2D eigenvalue weighted by molar-refractivity contribution is 0.0640. The first-order valence-corrected chi connectivity index (χ1v) is 8.33. The van der Waals surface area contributed by atoms with Crippen LogP contribution >= 0.6 is 27.3 Å². The predicted octanol–water partition coefficient (Wildman–Crippen LogP) is 4.48. The summed E-state index contributed by atoms with van der Waals surface area (Å²) in [7, 11) is 0.